The molecule has 0 unspecified atom stereocenters. The van der Waals surface area contributed by atoms with E-state index in [-0.39, 0.29) is 25.2 Å². The molecule has 0 aliphatic carbocycles. The fourth-order valence-corrected chi connectivity index (χ4v) is 2.98. The van der Waals surface area contributed by atoms with Crippen molar-refractivity contribution in [2.75, 3.05) is 39.4 Å². The van der Waals surface area contributed by atoms with Gasteiger partial charge in [-0.05, 0) is 12.1 Å². The minimum atomic E-state index is -1.20. The van der Waals surface area contributed by atoms with Crippen LogP contribution in [0, 0.1) is 0 Å². The summed E-state index contributed by atoms with van der Waals surface area (Å²) in [5, 5.41) is 0. The highest BCUT2D eigenvalue weighted by molar-refractivity contribution is 6.76. The van der Waals surface area contributed by atoms with E-state index in [0.717, 1.165) is 6.23 Å². The van der Waals surface area contributed by atoms with Crippen LogP contribution in [0.15, 0.2) is 24.3 Å². The summed E-state index contributed by atoms with van der Waals surface area (Å²) in [7, 11) is -1.20. The van der Waals surface area contributed by atoms with Crippen LogP contribution in [0.4, 0.5) is 0 Å². The van der Waals surface area contributed by atoms with Crippen LogP contribution in [-0.2, 0) is 14.2 Å². The Balaban J connectivity index is 1.58. The number of hydrogen-bond donors (Lipinski definition) is 0. The molecule has 1 aromatic rings. The van der Waals surface area contributed by atoms with Gasteiger partial charge in [-0.2, -0.15) is 0 Å². The molecule has 7 heteroatoms. The van der Waals surface area contributed by atoms with Gasteiger partial charge in [0.25, 0.3) is 11.8 Å². The summed E-state index contributed by atoms with van der Waals surface area (Å²) in [5.74, 6) is -0.509. The number of carbonyl (C=O) groups excluding carboxylic acids is 2. The number of nitrogens with zero attached hydrogens (tertiary/aromatic N) is 1. The molecule has 0 aromatic heterocycles. The molecule has 1 aromatic carbocycles. The third kappa shape index (κ3) is 5.24. The summed E-state index contributed by atoms with van der Waals surface area (Å²) in [6, 6.07) is 6.85. The molecule has 0 saturated carbocycles. The number of hydrogen-bond acceptors (Lipinski definition) is 5. The van der Waals surface area contributed by atoms with Gasteiger partial charge in [0.2, 0.25) is 0 Å². The lowest BCUT2D eigenvalue weighted by atomic mass is 10.1. The third-order valence-corrected chi connectivity index (χ3v) is 4.48. The minimum absolute atomic E-state index is 0.248. The number of benzene rings is 1. The second kappa shape index (κ2) is 8.52. The van der Waals surface area contributed by atoms with Crippen LogP contribution in [0.3, 0.4) is 0 Å². The van der Waals surface area contributed by atoms with Gasteiger partial charge in [-0.25, -0.2) is 0 Å². The standard InChI is InChI=1S/C17H25NO5Si/c1-24(2,3)13-23-12-22-11-10-21-9-8-18-16(19)14-6-4-5-7-15(14)17(18)20/h4-7H,8-13H2,1-3H3. The predicted molar refractivity (Wildman–Crippen MR) is 92.7 cm³/mol. The lowest BCUT2D eigenvalue weighted by Crippen LogP contribution is -2.33. The van der Waals surface area contributed by atoms with Crippen molar-refractivity contribution in [3.05, 3.63) is 35.4 Å². The largest absolute Gasteiger partial charge is 0.377 e. The van der Waals surface area contributed by atoms with E-state index in [4.69, 9.17) is 14.2 Å². The maximum Gasteiger partial charge on any atom is 0.261 e. The van der Waals surface area contributed by atoms with Crippen molar-refractivity contribution in [2.24, 2.45) is 0 Å². The number of ether oxygens (including phenoxy) is 3. The van der Waals surface area contributed by atoms with Crippen molar-refractivity contribution >= 4 is 19.9 Å². The molecule has 0 radical (unpaired) electrons. The van der Waals surface area contributed by atoms with E-state index in [0.29, 0.717) is 30.9 Å². The molecular formula is C17H25NO5Si. The molecule has 0 saturated heterocycles. The average Bonchev–Trinajstić information content (AvgIpc) is 2.77. The van der Waals surface area contributed by atoms with Crippen LogP contribution in [0.25, 0.3) is 0 Å². The van der Waals surface area contributed by atoms with Gasteiger partial charge in [0.15, 0.2) is 0 Å². The zero-order valence-electron chi connectivity index (χ0n) is 14.5. The molecular weight excluding hydrogens is 326 g/mol. The smallest absolute Gasteiger partial charge is 0.261 e. The number of rotatable bonds is 10. The third-order valence-electron chi connectivity index (χ3n) is 3.41. The summed E-state index contributed by atoms with van der Waals surface area (Å²) in [5.41, 5.74) is 0.927. The first kappa shape index (κ1) is 18.8. The number of imide groups is 1. The molecule has 2 amide bonds. The molecule has 0 atom stereocenters. The number of fused-ring (bicyclic) bond motifs is 1. The van der Waals surface area contributed by atoms with Crippen molar-refractivity contribution in [1.29, 1.82) is 0 Å². The zero-order valence-corrected chi connectivity index (χ0v) is 15.5. The van der Waals surface area contributed by atoms with E-state index in [1.807, 2.05) is 0 Å². The van der Waals surface area contributed by atoms with Crippen molar-refractivity contribution in [1.82, 2.24) is 4.90 Å². The zero-order chi connectivity index (χ0) is 17.6. The van der Waals surface area contributed by atoms with E-state index in [1.54, 1.807) is 24.3 Å². The van der Waals surface area contributed by atoms with Gasteiger partial charge in [0.1, 0.15) is 6.79 Å². The van der Waals surface area contributed by atoms with E-state index >= 15 is 0 Å². The number of carbonyl (C=O) groups is 2. The van der Waals surface area contributed by atoms with Crippen LogP contribution in [0.1, 0.15) is 20.7 Å². The van der Waals surface area contributed by atoms with Crippen molar-refractivity contribution in [3.8, 4) is 0 Å². The maximum absolute atomic E-state index is 12.1. The lowest BCUT2D eigenvalue weighted by Gasteiger charge is -2.16. The highest BCUT2D eigenvalue weighted by atomic mass is 28.3. The van der Waals surface area contributed by atoms with Gasteiger partial charge in [-0.15, -0.1) is 0 Å². The molecule has 0 spiro atoms. The monoisotopic (exact) mass is 351 g/mol. The summed E-state index contributed by atoms with van der Waals surface area (Å²) in [6.45, 7) is 8.34. The molecule has 6 nitrogen and oxygen atoms in total. The Morgan fingerprint density at radius 1 is 0.875 bits per heavy atom. The summed E-state index contributed by atoms with van der Waals surface area (Å²) >= 11 is 0. The van der Waals surface area contributed by atoms with Gasteiger partial charge >= 0.3 is 0 Å². The summed E-state index contributed by atoms with van der Waals surface area (Å²) in [6.07, 6.45) is 0.771. The Kier molecular flexibility index (Phi) is 6.67. The van der Waals surface area contributed by atoms with Gasteiger partial charge in [-0.3, -0.25) is 14.5 Å². The number of amides is 2. The molecule has 0 fully saturated rings. The van der Waals surface area contributed by atoms with Crippen LogP contribution in [0.2, 0.25) is 19.6 Å². The highest BCUT2D eigenvalue weighted by Crippen LogP contribution is 2.21. The second-order valence-corrected chi connectivity index (χ2v) is 12.3. The summed E-state index contributed by atoms with van der Waals surface area (Å²) < 4.78 is 16.2. The molecule has 1 aliphatic heterocycles. The van der Waals surface area contributed by atoms with Crippen LogP contribution < -0.4 is 0 Å². The van der Waals surface area contributed by atoms with Gasteiger partial charge < -0.3 is 14.2 Å². The van der Waals surface area contributed by atoms with Crippen LogP contribution in [0.5, 0.6) is 0 Å². The van der Waals surface area contributed by atoms with Gasteiger partial charge in [0, 0.05) is 6.23 Å². The first-order chi connectivity index (χ1) is 11.4. The molecule has 0 N–H and O–H groups in total. The second-order valence-electron chi connectivity index (χ2n) is 6.86. The topological polar surface area (TPSA) is 65.1 Å². The van der Waals surface area contributed by atoms with Crippen molar-refractivity contribution < 1.29 is 23.8 Å². The Labute approximate surface area is 143 Å². The Bertz CT molecular complexity index is 550. The normalized spacial score (nSPS) is 14.4. The van der Waals surface area contributed by atoms with E-state index < -0.39 is 8.07 Å². The molecule has 0 bridgehead atoms. The summed E-state index contributed by atoms with van der Waals surface area (Å²) in [4.78, 5) is 25.5. The molecule has 2 rings (SSSR count). The first-order valence-corrected chi connectivity index (χ1v) is 11.8. The van der Waals surface area contributed by atoms with E-state index in [2.05, 4.69) is 19.6 Å². The SMILES string of the molecule is C[Si](C)(C)COCOCCOCCN1C(=O)c2ccccc2C1=O. The predicted octanol–water partition coefficient (Wildman–Crippen LogP) is 2.17. The Hall–Kier alpha value is -1.54. The van der Waals surface area contributed by atoms with E-state index in [1.165, 1.54) is 4.90 Å². The molecule has 1 aliphatic rings. The van der Waals surface area contributed by atoms with E-state index in [9.17, 15) is 9.59 Å². The Morgan fingerprint density at radius 2 is 1.46 bits per heavy atom. The fourth-order valence-electron chi connectivity index (χ4n) is 2.28. The van der Waals surface area contributed by atoms with Crippen LogP contribution in [-0.4, -0.2) is 64.2 Å². The minimum Gasteiger partial charge on any atom is -0.377 e. The van der Waals surface area contributed by atoms with Crippen molar-refractivity contribution in [3.63, 3.8) is 0 Å². The maximum atomic E-state index is 12.1. The molecule has 24 heavy (non-hydrogen) atoms. The lowest BCUT2D eigenvalue weighted by molar-refractivity contribution is -0.0585. The van der Waals surface area contributed by atoms with Crippen molar-refractivity contribution in [2.45, 2.75) is 19.6 Å². The molecule has 132 valence electrons. The van der Waals surface area contributed by atoms with Gasteiger partial charge in [0.05, 0.1) is 45.6 Å². The Morgan fingerprint density at radius 3 is 2.04 bits per heavy atom. The van der Waals surface area contributed by atoms with Crippen LogP contribution >= 0.6 is 0 Å². The quantitative estimate of drug-likeness (QED) is 0.280. The highest BCUT2D eigenvalue weighted by Gasteiger charge is 2.34. The fraction of sp³-hybridized carbons (Fsp3) is 0.529. The first-order valence-electron chi connectivity index (χ1n) is 8.08. The van der Waals surface area contributed by atoms with Gasteiger partial charge in [-0.1, -0.05) is 31.8 Å². The molecule has 1 heterocycles. The average molecular weight is 351 g/mol.